The predicted molar refractivity (Wildman–Crippen MR) is 208 cm³/mol. The van der Waals surface area contributed by atoms with Crippen LogP contribution in [0.15, 0.2) is 0 Å². The van der Waals surface area contributed by atoms with Crippen LogP contribution in [0.25, 0.3) is 0 Å². The smallest absolute Gasteiger partial charge is 0.137 e. The van der Waals surface area contributed by atoms with Crippen LogP contribution in [0.3, 0.4) is 0 Å². The van der Waals surface area contributed by atoms with Gasteiger partial charge in [-0.1, -0.05) is 95.8 Å². The Bertz CT molecular complexity index is 1220. The van der Waals surface area contributed by atoms with Gasteiger partial charge in [-0.05, 0) is 118 Å². The third kappa shape index (κ3) is 10.8. The molecule has 7 unspecified atom stereocenters. The Morgan fingerprint density at radius 2 is 1.57 bits per heavy atom. The molecule has 0 amide bonds. The number of ether oxygens (including phenoxy) is 1. The number of Topliss-reactive ketones (excluding diaryl/α,β-unsaturated/α-hetero) is 2. The Balaban J connectivity index is 1.39. The molecular weight excluding hydrogens is 661 g/mol. The molecule has 0 bridgehead atoms. The first-order chi connectivity index (χ1) is 25.7. The largest absolute Gasteiger partial charge is 0.841 e. The number of rotatable bonds is 10. The number of carbonyl (C=O) groups excluding carboxylic acids is 2. The van der Waals surface area contributed by atoms with Gasteiger partial charge in [-0.2, -0.15) is 0 Å². The molecule has 1 saturated heterocycles. The Morgan fingerprint density at radius 3 is 2.28 bits per heavy atom. The molecule has 13 atom stereocenters. The van der Waals surface area contributed by atoms with Crippen LogP contribution >= 0.6 is 0 Å². The second-order valence-corrected chi connectivity index (χ2v) is 19.2. The highest BCUT2D eigenvalue weighted by Gasteiger charge is 2.49. The Kier molecular flexibility index (Phi) is 15.8. The summed E-state index contributed by atoms with van der Waals surface area (Å²) in [5.74, 6) is 9.52. The van der Waals surface area contributed by atoms with Crippen molar-refractivity contribution in [2.75, 3.05) is 13.7 Å². The van der Waals surface area contributed by atoms with Crippen molar-refractivity contribution in [3.63, 3.8) is 0 Å². The molecule has 0 aromatic heterocycles. The second-order valence-electron chi connectivity index (χ2n) is 19.2. The summed E-state index contributed by atoms with van der Waals surface area (Å²) in [7, 11) is 1.72. The number of piperidine rings is 1. The molecule has 6 aliphatic rings. The number of aliphatic hydroxyl groups is 1. The van der Waals surface area contributed by atoms with E-state index in [1.807, 2.05) is 0 Å². The molecule has 5 fully saturated rings. The minimum atomic E-state index is -1.82. The van der Waals surface area contributed by atoms with Gasteiger partial charge in [0.1, 0.15) is 17.7 Å². The van der Waals surface area contributed by atoms with Gasteiger partial charge in [0.15, 0.2) is 0 Å². The van der Waals surface area contributed by atoms with Crippen molar-refractivity contribution in [1.29, 1.82) is 0 Å². The number of fused-ring (bicyclic) bond motifs is 2. The van der Waals surface area contributed by atoms with Crippen molar-refractivity contribution in [3.05, 3.63) is 0 Å². The second kappa shape index (κ2) is 20.2. The molecular formula is C46H76N2O5. The van der Waals surface area contributed by atoms with Crippen LogP contribution in [-0.2, 0) is 14.3 Å². The summed E-state index contributed by atoms with van der Waals surface area (Å²) in [5.41, 5.74) is 6.43. The van der Waals surface area contributed by atoms with Crippen molar-refractivity contribution in [1.82, 2.24) is 0 Å². The quantitative estimate of drug-likeness (QED) is 0.178. The number of hydrogen-bond donors (Lipinski definition) is 3. The third-order valence-electron chi connectivity index (χ3n) is 15.6. The topological polar surface area (TPSA) is 129 Å². The zero-order valence-electron chi connectivity index (χ0n) is 33.6. The van der Waals surface area contributed by atoms with E-state index in [0.717, 1.165) is 83.1 Å². The van der Waals surface area contributed by atoms with E-state index in [9.17, 15) is 19.8 Å². The molecule has 7 heteroatoms. The van der Waals surface area contributed by atoms with Gasteiger partial charge in [0.25, 0.3) is 0 Å². The first-order valence-corrected chi connectivity index (χ1v) is 22.8. The molecule has 5 aliphatic carbocycles. The van der Waals surface area contributed by atoms with Gasteiger partial charge in [0.05, 0.1) is 18.8 Å². The Morgan fingerprint density at radius 1 is 0.811 bits per heavy atom. The SMILES string of the molecule is CCCC[C@H]1C[C@@H](CC2CC[NH2+]C(N)C2)C[C@@H]2C#C[C@H](C3CCCCC3)C3C(CCC(=O)[C@H]([O-])C(=O)[C@H]2C1)CC(OC)C(O)C3CCC1CCCCC1. The van der Waals surface area contributed by atoms with Crippen molar-refractivity contribution < 1.29 is 29.9 Å². The molecule has 6 rings (SSSR count). The number of ketones is 2. The highest BCUT2D eigenvalue weighted by molar-refractivity contribution is 6.05. The van der Waals surface area contributed by atoms with E-state index >= 15 is 0 Å². The standard InChI is InChI=1S/C46H75N2O5/c1-3-4-11-31-24-33(25-32-22-23-48-42(47)28-32)26-35-17-20-37(34-14-9-6-10-15-34)43-36(18-21-40(49)46(52)45(51)39(35)27-31)29-41(53-2)44(50)38(43)19-16-30-12-7-5-8-13-30/h30-39,41-44,46,48,50H,3-16,18-19,21-29,47H2,1-2H3/q-1/p+1/t31-,32?,33-,35-,36?,37+,38?,39-,41?,42?,43?,44?,46-/m0/s1. The third-order valence-corrected chi connectivity index (χ3v) is 15.6. The maximum Gasteiger partial charge on any atom is 0.137 e. The average Bonchev–Trinajstić information content (AvgIpc) is 3.34. The van der Waals surface area contributed by atoms with Crippen LogP contribution < -0.4 is 16.2 Å². The highest BCUT2D eigenvalue weighted by atomic mass is 16.5. The van der Waals surface area contributed by atoms with Gasteiger partial charge in [-0.3, -0.25) is 5.73 Å². The van der Waals surface area contributed by atoms with E-state index in [2.05, 4.69) is 24.1 Å². The minimum Gasteiger partial charge on any atom is -0.841 e. The molecule has 53 heavy (non-hydrogen) atoms. The van der Waals surface area contributed by atoms with Gasteiger partial charge in [0, 0.05) is 37.7 Å². The normalized spacial score (nSPS) is 41.2. The molecule has 4 saturated carbocycles. The number of nitrogens with two attached hydrogens (primary N) is 2. The number of hydrogen-bond acceptors (Lipinski definition) is 6. The number of quaternary nitrogens is 1. The molecule has 300 valence electrons. The summed E-state index contributed by atoms with van der Waals surface area (Å²) in [6, 6.07) is 0. The van der Waals surface area contributed by atoms with Crippen molar-refractivity contribution in [3.8, 4) is 11.8 Å². The molecule has 1 aliphatic heterocycles. The highest BCUT2D eigenvalue weighted by Crippen LogP contribution is 2.50. The number of aliphatic hydroxyl groups excluding tert-OH is 1. The molecule has 0 aromatic rings. The van der Waals surface area contributed by atoms with Gasteiger partial charge in [0.2, 0.25) is 0 Å². The molecule has 0 aromatic carbocycles. The number of carbonyl (C=O) groups is 2. The predicted octanol–water partition coefficient (Wildman–Crippen LogP) is 6.32. The molecule has 5 N–H and O–H groups in total. The van der Waals surface area contributed by atoms with E-state index in [1.54, 1.807) is 7.11 Å². The fraction of sp³-hybridized carbons (Fsp3) is 0.913. The van der Waals surface area contributed by atoms with Crippen LogP contribution in [0.2, 0.25) is 0 Å². The lowest BCUT2D eigenvalue weighted by Crippen LogP contribution is -2.94. The molecule has 0 radical (unpaired) electrons. The zero-order valence-corrected chi connectivity index (χ0v) is 33.6. The van der Waals surface area contributed by atoms with Crippen LogP contribution in [0, 0.1) is 76.9 Å². The van der Waals surface area contributed by atoms with E-state index in [1.165, 1.54) is 57.8 Å². The van der Waals surface area contributed by atoms with E-state index in [-0.39, 0.29) is 54.1 Å². The summed E-state index contributed by atoms with van der Waals surface area (Å²) >= 11 is 0. The fourth-order valence-corrected chi connectivity index (χ4v) is 12.8. The minimum absolute atomic E-state index is 0.0630. The molecule has 1 heterocycles. The lowest BCUT2D eigenvalue weighted by molar-refractivity contribution is -0.699. The summed E-state index contributed by atoms with van der Waals surface area (Å²) in [4.78, 5) is 28.2. The van der Waals surface area contributed by atoms with Gasteiger partial charge in [-0.15, -0.1) is 0 Å². The lowest BCUT2D eigenvalue weighted by Gasteiger charge is -2.49. The summed E-state index contributed by atoms with van der Waals surface area (Å²) in [6.45, 7) is 3.30. The fourth-order valence-electron chi connectivity index (χ4n) is 12.8. The maximum atomic E-state index is 14.3. The average molecular weight is 737 g/mol. The van der Waals surface area contributed by atoms with Crippen molar-refractivity contribution in [2.24, 2.45) is 70.8 Å². The number of unbranched alkanes of at least 4 members (excludes halogenated alkanes) is 1. The first-order valence-electron chi connectivity index (χ1n) is 22.8. The number of methoxy groups -OCH3 is 1. The first kappa shape index (κ1) is 41.3. The van der Waals surface area contributed by atoms with Crippen LogP contribution in [0.1, 0.15) is 161 Å². The van der Waals surface area contributed by atoms with Gasteiger partial charge in [-0.25, -0.2) is 0 Å². The summed E-state index contributed by atoms with van der Waals surface area (Å²) in [6.07, 6.45) is 22.9. The van der Waals surface area contributed by atoms with Crippen LogP contribution in [0.5, 0.6) is 0 Å². The monoisotopic (exact) mass is 737 g/mol. The zero-order chi connectivity index (χ0) is 37.3. The van der Waals surface area contributed by atoms with Gasteiger partial charge < -0.3 is 29.9 Å². The summed E-state index contributed by atoms with van der Waals surface area (Å²) < 4.78 is 6.00. The van der Waals surface area contributed by atoms with Crippen molar-refractivity contribution >= 4 is 11.6 Å². The van der Waals surface area contributed by atoms with Crippen LogP contribution in [0.4, 0.5) is 0 Å². The maximum absolute atomic E-state index is 14.3. The van der Waals surface area contributed by atoms with E-state index in [0.29, 0.717) is 42.9 Å². The molecule has 7 nitrogen and oxygen atoms in total. The van der Waals surface area contributed by atoms with E-state index < -0.39 is 23.9 Å². The lowest BCUT2D eigenvalue weighted by atomic mass is 9.57. The van der Waals surface area contributed by atoms with Gasteiger partial charge >= 0.3 is 0 Å². The summed E-state index contributed by atoms with van der Waals surface area (Å²) in [5, 5.41) is 28.3. The van der Waals surface area contributed by atoms with E-state index in [4.69, 9.17) is 10.5 Å². The van der Waals surface area contributed by atoms with Crippen molar-refractivity contribution in [2.45, 2.75) is 186 Å². The van der Waals surface area contributed by atoms with Crippen LogP contribution in [-0.4, -0.2) is 54.8 Å². The Hall–Kier alpha value is -1.30. The molecule has 0 spiro atoms. The Labute approximate surface area is 322 Å².